The standard InChI is InChI=1S/C19H21NO/c1-19(2)16(11-17(19)21)20-18-14-9-5-3-7-12(14)13-8-4-6-10-15(13)18/h3-10,16-18,20-21H,11H2,1-2H3. The van der Waals surface area contributed by atoms with Crippen LogP contribution < -0.4 is 5.32 Å². The number of hydrogen-bond donors (Lipinski definition) is 2. The van der Waals surface area contributed by atoms with Gasteiger partial charge in [-0.05, 0) is 28.7 Å². The zero-order valence-corrected chi connectivity index (χ0v) is 12.5. The molecule has 2 aliphatic carbocycles. The molecular weight excluding hydrogens is 258 g/mol. The molecule has 1 saturated carbocycles. The minimum atomic E-state index is -0.193. The summed E-state index contributed by atoms with van der Waals surface area (Å²) in [5.41, 5.74) is 5.34. The van der Waals surface area contributed by atoms with E-state index in [4.69, 9.17) is 0 Å². The highest BCUT2D eigenvalue weighted by molar-refractivity contribution is 5.78. The summed E-state index contributed by atoms with van der Waals surface area (Å²) in [6.45, 7) is 4.29. The van der Waals surface area contributed by atoms with E-state index >= 15 is 0 Å². The fourth-order valence-corrected chi connectivity index (χ4v) is 3.72. The first-order valence-corrected chi connectivity index (χ1v) is 7.71. The van der Waals surface area contributed by atoms with Gasteiger partial charge >= 0.3 is 0 Å². The maximum Gasteiger partial charge on any atom is 0.0621 e. The number of rotatable bonds is 2. The van der Waals surface area contributed by atoms with E-state index in [1.165, 1.54) is 22.3 Å². The van der Waals surface area contributed by atoms with Crippen LogP contribution in [0.25, 0.3) is 11.1 Å². The predicted octanol–water partition coefficient (Wildman–Crippen LogP) is 3.51. The van der Waals surface area contributed by atoms with E-state index in [1.54, 1.807) is 0 Å². The van der Waals surface area contributed by atoms with Crippen molar-refractivity contribution < 1.29 is 5.11 Å². The molecule has 0 amide bonds. The van der Waals surface area contributed by atoms with Gasteiger partial charge in [-0.2, -0.15) is 0 Å². The fourth-order valence-electron chi connectivity index (χ4n) is 3.72. The van der Waals surface area contributed by atoms with E-state index in [2.05, 4.69) is 67.7 Å². The van der Waals surface area contributed by atoms with Gasteiger partial charge in [-0.25, -0.2) is 0 Å². The summed E-state index contributed by atoms with van der Waals surface area (Å²) in [6, 6.07) is 17.9. The Labute approximate surface area is 125 Å². The molecule has 4 rings (SSSR count). The van der Waals surface area contributed by atoms with E-state index < -0.39 is 0 Å². The molecule has 2 aromatic rings. The van der Waals surface area contributed by atoms with Crippen molar-refractivity contribution in [3.8, 4) is 11.1 Å². The molecule has 2 N–H and O–H groups in total. The highest BCUT2D eigenvalue weighted by Gasteiger charge is 2.48. The van der Waals surface area contributed by atoms with Crippen LogP contribution in [0.5, 0.6) is 0 Å². The van der Waals surface area contributed by atoms with Crippen molar-refractivity contribution >= 4 is 0 Å². The Balaban J connectivity index is 1.73. The fraction of sp³-hybridized carbons (Fsp3) is 0.368. The average Bonchev–Trinajstić information content (AvgIpc) is 2.82. The van der Waals surface area contributed by atoms with Crippen LogP contribution in [0.1, 0.15) is 37.4 Å². The minimum Gasteiger partial charge on any atom is -0.392 e. The van der Waals surface area contributed by atoms with E-state index in [0.29, 0.717) is 6.04 Å². The largest absolute Gasteiger partial charge is 0.392 e. The lowest BCUT2D eigenvalue weighted by molar-refractivity contribution is -0.0746. The van der Waals surface area contributed by atoms with Gasteiger partial charge in [0, 0.05) is 11.5 Å². The second-order valence-electron chi connectivity index (χ2n) is 6.90. The van der Waals surface area contributed by atoms with Crippen molar-refractivity contribution in [2.45, 2.75) is 38.5 Å². The highest BCUT2D eigenvalue weighted by atomic mass is 16.3. The average molecular weight is 279 g/mol. The molecule has 0 aromatic heterocycles. The van der Waals surface area contributed by atoms with Crippen LogP contribution in [0.3, 0.4) is 0 Å². The van der Waals surface area contributed by atoms with Crippen LogP contribution in [-0.2, 0) is 0 Å². The van der Waals surface area contributed by atoms with Crippen LogP contribution in [0.2, 0.25) is 0 Å². The second-order valence-corrected chi connectivity index (χ2v) is 6.90. The highest BCUT2D eigenvalue weighted by Crippen LogP contribution is 2.47. The molecule has 2 unspecified atom stereocenters. The number of hydrogen-bond acceptors (Lipinski definition) is 2. The number of nitrogens with one attached hydrogen (secondary N) is 1. The van der Waals surface area contributed by atoms with Crippen LogP contribution >= 0.6 is 0 Å². The van der Waals surface area contributed by atoms with Crippen molar-refractivity contribution in [1.82, 2.24) is 5.32 Å². The molecular formula is C19H21NO. The van der Waals surface area contributed by atoms with E-state index in [9.17, 15) is 5.11 Å². The predicted molar refractivity (Wildman–Crippen MR) is 85.0 cm³/mol. The lowest BCUT2D eigenvalue weighted by Gasteiger charge is -2.50. The normalized spacial score (nSPS) is 26.0. The molecule has 0 radical (unpaired) electrons. The minimum absolute atomic E-state index is 0.0491. The molecule has 2 nitrogen and oxygen atoms in total. The van der Waals surface area contributed by atoms with Crippen molar-refractivity contribution in [1.29, 1.82) is 0 Å². The molecule has 0 saturated heterocycles. The third-order valence-corrected chi connectivity index (χ3v) is 5.42. The third-order valence-electron chi connectivity index (χ3n) is 5.42. The number of aliphatic hydroxyl groups excluding tert-OH is 1. The summed E-state index contributed by atoms with van der Waals surface area (Å²) in [7, 11) is 0. The SMILES string of the molecule is CC1(C)C(O)CC1NC1c2ccccc2-c2ccccc21. The van der Waals surface area contributed by atoms with Gasteiger partial charge in [0.25, 0.3) is 0 Å². The van der Waals surface area contributed by atoms with Crippen molar-refractivity contribution in [3.05, 3.63) is 59.7 Å². The van der Waals surface area contributed by atoms with Gasteiger partial charge in [0.1, 0.15) is 0 Å². The number of benzene rings is 2. The van der Waals surface area contributed by atoms with Gasteiger partial charge in [-0.1, -0.05) is 62.4 Å². The molecule has 0 spiro atoms. The summed E-state index contributed by atoms with van der Waals surface area (Å²) in [5, 5.41) is 13.8. The van der Waals surface area contributed by atoms with E-state index in [1.807, 2.05) is 0 Å². The monoisotopic (exact) mass is 279 g/mol. The van der Waals surface area contributed by atoms with Gasteiger partial charge in [-0.15, -0.1) is 0 Å². The molecule has 0 aliphatic heterocycles. The Bertz CT molecular complexity index is 646. The lowest BCUT2D eigenvalue weighted by atomic mass is 9.64. The molecule has 2 aliphatic rings. The van der Waals surface area contributed by atoms with E-state index in [0.717, 1.165) is 6.42 Å². The van der Waals surface area contributed by atoms with Crippen molar-refractivity contribution in [3.63, 3.8) is 0 Å². The maximum atomic E-state index is 9.97. The molecule has 2 aromatic carbocycles. The van der Waals surface area contributed by atoms with Gasteiger partial charge in [0.05, 0.1) is 12.1 Å². The molecule has 21 heavy (non-hydrogen) atoms. The summed E-state index contributed by atoms with van der Waals surface area (Å²) >= 11 is 0. The first-order valence-electron chi connectivity index (χ1n) is 7.71. The zero-order chi connectivity index (χ0) is 14.6. The first kappa shape index (κ1) is 13.1. The Hall–Kier alpha value is -1.64. The summed E-state index contributed by atoms with van der Waals surface area (Å²) in [5.74, 6) is 0. The summed E-state index contributed by atoms with van der Waals surface area (Å²) in [6.07, 6.45) is 0.648. The van der Waals surface area contributed by atoms with Gasteiger partial charge in [0.2, 0.25) is 0 Å². The van der Waals surface area contributed by atoms with Gasteiger partial charge in [-0.3, -0.25) is 0 Å². The van der Waals surface area contributed by atoms with Gasteiger partial charge < -0.3 is 10.4 Å². The van der Waals surface area contributed by atoms with Gasteiger partial charge in [0.15, 0.2) is 0 Å². The second kappa shape index (κ2) is 4.43. The maximum absolute atomic E-state index is 9.97. The molecule has 108 valence electrons. The zero-order valence-electron chi connectivity index (χ0n) is 12.5. The van der Waals surface area contributed by atoms with Crippen molar-refractivity contribution in [2.24, 2.45) is 5.41 Å². The summed E-state index contributed by atoms with van der Waals surface area (Å²) in [4.78, 5) is 0. The molecule has 0 heterocycles. The third kappa shape index (κ3) is 1.79. The quantitative estimate of drug-likeness (QED) is 0.881. The molecule has 0 bridgehead atoms. The smallest absolute Gasteiger partial charge is 0.0621 e. The molecule has 2 atom stereocenters. The molecule has 1 fully saturated rings. The number of aliphatic hydroxyl groups is 1. The number of fused-ring (bicyclic) bond motifs is 3. The Kier molecular flexibility index (Phi) is 2.75. The van der Waals surface area contributed by atoms with E-state index in [-0.39, 0.29) is 17.6 Å². The lowest BCUT2D eigenvalue weighted by Crippen LogP contribution is -2.60. The van der Waals surface area contributed by atoms with Crippen LogP contribution in [0, 0.1) is 5.41 Å². The van der Waals surface area contributed by atoms with Crippen LogP contribution in [-0.4, -0.2) is 17.3 Å². The first-order chi connectivity index (χ1) is 10.1. The van der Waals surface area contributed by atoms with Crippen LogP contribution in [0.15, 0.2) is 48.5 Å². The van der Waals surface area contributed by atoms with Crippen LogP contribution in [0.4, 0.5) is 0 Å². The Morgan fingerprint density at radius 3 is 1.95 bits per heavy atom. The Morgan fingerprint density at radius 2 is 1.48 bits per heavy atom. The Morgan fingerprint density at radius 1 is 0.952 bits per heavy atom. The van der Waals surface area contributed by atoms with Crippen molar-refractivity contribution in [2.75, 3.05) is 0 Å². The molecule has 2 heteroatoms. The summed E-state index contributed by atoms with van der Waals surface area (Å²) < 4.78 is 0. The topological polar surface area (TPSA) is 32.3 Å².